The Hall–Kier alpha value is -3.26. The summed E-state index contributed by atoms with van der Waals surface area (Å²) in [5.74, 6) is 2.37. The molecule has 0 saturated heterocycles. The van der Waals surface area contributed by atoms with Crippen LogP contribution in [0.25, 0.3) is 17.1 Å². The van der Waals surface area contributed by atoms with Crippen LogP contribution in [-0.2, 0) is 4.79 Å². The van der Waals surface area contributed by atoms with E-state index in [1.807, 2.05) is 66.9 Å². The van der Waals surface area contributed by atoms with E-state index >= 15 is 0 Å². The van der Waals surface area contributed by atoms with Gasteiger partial charge in [0.05, 0.1) is 31.2 Å². The number of hydrogen-bond acceptors (Lipinski definition) is 6. The minimum absolute atomic E-state index is 0.0311. The second-order valence-corrected chi connectivity index (χ2v) is 8.14. The summed E-state index contributed by atoms with van der Waals surface area (Å²) in [6.45, 7) is 8.98. The summed E-state index contributed by atoms with van der Waals surface area (Å²) in [7, 11) is 3.26. The molecule has 1 amide bonds. The van der Waals surface area contributed by atoms with Crippen molar-refractivity contribution >= 4 is 17.7 Å². The molecular formula is C24H28N4O3S. The molecule has 32 heavy (non-hydrogen) atoms. The number of likely N-dealkylation sites (N-methyl/N-ethyl adjacent to an activating group) is 1. The highest BCUT2D eigenvalue weighted by Gasteiger charge is 2.21. The Balaban J connectivity index is 1.98. The summed E-state index contributed by atoms with van der Waals surface area (Å²) >= 11 is 1.36. The van der Waals surface area contributed by atoms with Crippen molar-refractivity contribution in [3.63, 3.8) is 0 Å². The Morgan fingerprint density at radius 1 is 1.09 bits per heavy atom. The highest BCUT2D eigenvalue weighted by atomic mass is 32.2. The van der Waals surface area contributed by atoms with Crippen molar-refractivity contribution in [3.8, 4) is 28.6 Å². The molecule has 0 aliphatic carbocycles. The lowest BCUT2D eigenvalue weighted by atomic mass is 10.2. The molecule has 0 N–H and O–H groups in total. The van der Waals surface area contributed by atoms with Crippen molar-refractivity contribution in [2.45, 2.75) is 19.0 Å². The van der Waals surface area contributed by atoms with E-state index in [9.17, 15) is 4.79 Å². The molecule has 0 bridgehead atoms. The van der Waals surface area contributed by atoms with E-state index in [4.69, 9.17) is 9.47 Å². The molecule has 7 nitrogen and oxygen atoms in total. The van der Waals surface area contributed by atoms with Crippen molar-refractivity contribution in [1.29, 1.82) is 0 Å². The minimum atomic E-state index is 0.0311. The summed E-state index contributed by atoms with van der Waals surface area (Å²) in [5.41, 5.74) is 2.62. The molecule has 0 unspecified atom stereocenters. The van der Waals surface area contributed by atoms with Gasteiger partial charge < -0.3 is 14.4 Å². The van der Waals surface area contributed by atoms with Crippen LogP contribution < -0.4 is 9.47 Å². The third-order valence-electron chi connectivity index (χ3n) is 4.83. The highest BCUT2D eigenvalue weighted by Crippen LogP contribution is 2.33. The molecule has 1 aromatic heterocycles. The van der Waals surface area contributed by atoms with Gasteiger partial charge in [0.2, 0.25) is 5.91 Å². The fourth-order valence-electron chi connectivity index (χ4n) is 3.25. The largest absolute Gasteiger partial charge is 0.497 e. The first-order valence-corrected chi connectivity index (χ1v) is 11.2. The molecular weight excluding hydrogens is 424 g/mol. The zero-order valence-electron chi connectivity index (χ0n) is 18.9. The van der Waals surface area contributed by atoms with Gasteiger partial charge in [-0.25, -0.2) is 0 Å². The number of benzene rings is 2. The van der Waals surface area contributed by atoms with Crippen LogP contribution >= 0.6 is 11.8 Å². The summed E-state index contributed by atoms with van der Waals surface area (Å²) < 4.78 is 12.8. The number of carbonyl (C=O) groups is 1. The molecule has 1 heterocycles. The van der Waals surface area contributed by atoms with Crippen molar-refractivity contribution in [3.05, 3.63) is 60.7 Å². The number of ether oxygens (including phenoxy) is 2. The first kappa shape index (κ1) is 23.4. The normalized spacial score (nSPS) is 10.6. The zero-order chi connectivity index (χ0) is 23.1. The van der Waals surface area contributed by atoms with Gasteiger partial charge >= 0.3 is 0 Å². The number of nitrogens with zero attached hydrogens (tertiary/aromatic N) is 4. The Morgan fingerprint density at radius 3 is 2.44 bits per heavy atom. The van der Waals surface area contributed by atoms with Crippen LogP contribution in [0.2, 0.25) is 0 Å². The molecule has 0 radical (unpaired) electrons. The Bertz CT molecular complexity index is 1080. The fraction of sp³-hybridized carbons (Fsp3) is 0.292. The number of para-hydroxylation sites is 1. The van der Waals surface area contributed by atoms with E-state index in [0.717, 1.165) is 22.6 Å². The first-order chi connectivity index (χ1) is 15.5. The highest BCUT2D eigenvalue weighted by molar-refractivity contribution is 7.99. The van der Waals surface area contributed by atoms with Crippen molar-refractivity contribution in [1.82, 2.24) is 19.7 Å². The third-order valence-corrected chi connectivity index (χ3v) is 5.75. The SMILES string of the molecule is C=C(C)CN(CC)C(=O)CSc1nnc(-c2ccccc2OC)n1-c1ccc(OC)cc1. The topological polar surface area (TPSA) is 69.5 Å². The lowest BCUT2D eigenvalue weighted by Gasteiger charge is -2.20. The number of carbonyl (C=O) groups excluding carboxylic acids is 1. The predicted octanol–water partition coefficient (Wildman–Crippen LogP) is 4.47. The van der Waals surface area contributed by atoms with Crippen LogP contribution in [0.5, 0.6) is 11.5 Å². The maximum absolute atomic E-state index is 12.8. The van der Waals surface area contributed by atoms with Crippen LogP contribution in [0.1, 0.15) is 13.8 Å². The number of amides is 1. The van der Waals surface area contributed by atoms with Gasteiger partial charge in [-0.2, -0.15) is 0 Å². The van der Waals surface area contributed by atoms with Gasteiger partial charge in [0.25, 0.3) is 0 Å². The summed E-state index contributed by atoms with van der Waals surface area (Å²) in [4.78, 5) is 14.5. The maximum Gasteiger partial charge on any atom is 0.233 e. The Labute approximate surface area is 193 Å². The minimum Gasteiger partial charge on any atom is -0.497 e. The Kier molecular flexibility index (Phi) is 7.94. The molecule has 2 aromatic carbocycles. The number of methoxy groups -OCH3 is 2. The van der Waals surface area contributed by atoms with Gasteiger partial charge in [0, 0.05) is 13.1 Å². The molecule has 8 heteroatoms. The van der Waals surface area contributed by atoms with Gasteiger partial charge in [-0.1, -0.05) is 36.0 Å². The van der Waals surface area contributed by atoms with Crippen LogP contribution in [0.15, 0.2) is 65.8 Å². The molecule has 0 saturated carbocycles. The third kappa shape index (κ3) is 5.31. The average Bonchev–Trinajstić information content (AvgIpc) is 3.24. The molecule has 3 rings (SSSR count). The van der Waals surface area contributed by atoms with Gasteiger partial charge in [0.1, 0.15) is 11.5 Å². The van der Waals surface area contributed by atoms with E-state index in [1.165, 1.54) is 11.8 Å². The van der Waals surface area contributed by atoms with Crippen LogP contribution in [0, 0.1) is 0 Å². The Morgan fingerprint density at radius 2 is 1.81 bits per heavy atom. The van der Waals surface area contributed by atoms with Gasteiger partial charge in [-0.3, -0.25) is 9.36 Å². The lowest BCUT2D eigenvalue weighted by Crippen LogP contribution is -2.33. The molecule has 3 aromatic rings. The molecule has 0 spiro atoms. The van der Waals surface area contributed by atoms with Crippen molar-refractivity contribution in [2.75, 3.05) is 33.1 Å². The number of aromatic nitrogens is 3. The number of thioether (sulfide) groups is 1. The second kappa shape index (κ2) is 10.9. The van der Waals surface area contributed by atoms with E-state index < -0.39 is 0 Å². The van der Waals surface area contributed by atoms with Gasteiger partial charge in [0.15, 0.2) is 11.0 Å². The van der Waals surface area contributed by atoms with E-state index in [0.29, 0.717) is 29.8 Å². The van der Waals surface area contributed by atoms with Crippen molar-refractivity contribution in [2.24, 2.45) is 0 Å². The van der Waals surface area contributed by atoms with Crippen LogP contribution in [-0.4, -0.2) is 58.6 Å². The van der Waals surface area contributed by atoms with E-state index in [1.54, 1.807) is 19.1 Å². The summed E-state index contributed by atoms with van der Waals surface area (Å²) in [6, 6.07) is 15.3. The van der Waals surface area contributed by atoms with Gasteiger partial charge in [-0.05, 0) is 50.2 Å². The standard InChI is InChI=1S/C24H28N4O3S/c1-6-27(15-17(2)3)22(29)16-32-24-26-25-23(20-9-7-8-10-21(20)31-5)28(24)18-11-13-19(30-4)14-12-18/h7-14H,2,6,15-16H2,1,3-5H3. The maximum atomic E-state index is 12.8. The van der Waals surface area contributed by atoms with Crippen LogP contribution in [0.3, 0.4) is 0 Å². The summed E-state index contributed by atoms with van der Waals surface area (Å²) in [5, 5.41) is 9.47. The lowest BCUT2D eigenvalue weighted by molar-refractivity contribution is -0.127. The molecule has 0 atom stereocenters. The fourth-order valence-corrected chi connectivity index (χ4v) is 4.11. The second-order valence-electron chi connectivity index (χ2n) is 7.19. The smallest absolute Gasteiger partial charge is 0.233 e. The van der Waals surface area contributed by atoms with Crippen molar-refractivity contribution < 1.29 is 14.3 Å². The number of rotatable bonds is 10. The predicted molar refractivity (Wildman–Crippen MR) is 128 cm³/mol. The zero-order valence-corrected chi connectivity index (χ0v) is 19.7. The molecule has 0 fully saturated rings. The monoisotopic (exact) mass is 452 g/mol. The average molecular weight is 453 g/mol. The molecule has 168 valence electrons. The van der Waals surface area contributed by atoms with Gasteiger partial charge in [-0.15, -0.1) is 10.2 Å². The summed E-state index contributed by atoms with van der Waals surface area (Å²) in [6.07, 6.45) is 0. The molecule has 0 aliphatic rings. The quantitative estimate of drug-likeness (QED) is 0.334. The van der Waals surface area contributed by atoms with E-state index in [2.05, 4.69) is 16.8 Å². The van der Waals surface area contributed by atoms with E-state index in [-0.39, 0.29) is 11.7 Å². The number of hydrogen-bond donors (Lipinski definition) is 0. The van der Waals surface area contributed by atoms with Crippen LogP contribution in [0.4, 0.5) is 0 Å². The molecule has 0 aliphatic heterocycles. The first-order valence-electron chi connectivity index (χ1n) is 10.3.